The quantitative estimate of drug-likeness (QED) is 0.304. The van der Waals surface area contributed by atoms with Crippen molar-refractivity contribution in [1.29, 1.82) is 0 Å². The number of hydrogen-bond donors (Lipinski definition) is 1. The molecular formula is C26H31ClN2O4. The van der Waals surface area contributed by atoms with Gasteiger partial charge in [0.1, 0.15) is 11.5 Å². The molecule has 6 nitrogen and oxygen atoms in total. The Kier molecular flexibility index (Phi) is 8.53. The van der Waals surface area contributed by atoms with E-state index in [1.165, 1.54) is 0 Å². The van der Waals surface area contributed by atoms with Crippen molar-refractivity contribution in [2.24, 2.45) is 0 Å². The van der Waals surface area contributed by atoms with Crippen LogP contribution in [-0.4, -0.2) is 59.4 Å². The Morgan fingerprint density at radius 1 is 1.03 bits per heavy atom. The number of Topliss-reactive ketones (excluding diaryl/α,β-unsaturated/α-hetero) is 1. The number of halogens is 1. The molecule has 1 fully saturated rings. The fourth-order valence-corrected chi connectivity index (χ4v) is 4.10. The Bertz CT molecular complexity index is 998. The van der Waals surface area contributed by atoms with Gasteiger partial charge in [-0.05, 0) is 61.5 Å². The number of hydrogen-bond acceptors (Lipinski definition) is 5. The van der Waals surface area contributed by atoms with Crippen molar-refractivity contribution in [3.63, 3.8) is 0 Å². The van der Waals surface area contributed by atoms with Gasteiger partial charge in [-0.1, -0.05) is 44.5 Å². The van der Waals surface area contributed by atoms with Crippen LogP contribution < -0.4 is 4.74 Å². The smallest absolute Gasteiger partial charge is 0.295 e. The first-order valence-corrected chi connectivity index (χ1v) is 11.8. The number of ether oxygens (including phenoxy) is 1. The molecule has 0 saturated carbocycles. The third-order valence-electron chi connectivity index (χ3n) is 5.88. The van der Waals surface area contributed by atoms with Crippen LogP contribution in [0.3, 0.4) is 0 Å². The molecule has 1 N–H and O–H groups in total. The van der Waals surface area contributed by atoms with E-state index in [4.69, 9.17) is 16.3 Å². The number of amides is 1. The first-order valence-electron chi connectivity index (χ1n) is 11.4. The van der Waals surface area contributed by atoms with E-state index < -0.39 is 17.7 Å². The third kappa shape index (κ3) is 5.57. The fraction of sp³-hybridized carbons (Fsp3) is 0.385. The molecule has 176 valence electrons. The molecule has 1 aliphatic rings. The van der Waals surface area contributed by atoms with Gasteiger partial charge in [0.15, 0.2) is 0 Å². The highest BCUT2D eigenvalue weighted by Gasteiger charge is 2.45. The molecule has 1 aliphatic heterocycles. The summed E-state index contributed by atoms with van der Waals surface area (Å²) < 4.78 is 5.68. The van der Waals surface area contributed by atoms with E-state index in [-0.39, 0.29) is 11.3 Å². The van der Waals surface area contributed by atoms with Crippen LogP contribution in [0.5, 0.6) is 5.75 Å². The molecule has 0 bridgehead atoms. The number of benzene rings is 2. The van der Waals surface area contributed by atoms with Gasteiger partial charge >= 0.3 is 0 Å². The Hall–Kier alpha value is -2.83. The van der Waals surface area contributed by atoms with Gasteiger partial charge in [-0.2, -0.15) is 0 Å². The van der Waals surface area contributed by atoms with Crippen molar-refractivity contribution >= 4 is 29.1 Å². The normalized spacial score (nSPS) is 17.7. The molecular weight excluding hydrogens is 440 g/mol. The number of likely N-dealkylation sites (tertiary alicyclic amines) is 1. The van der Waals surface area contributed by atoms with Gasteiger partial charge in [0.05, 0.1) is 18.2 Å². The van der Waals surface area contributed by atoms with Gasteiger partial charge in [-0.3, -0.25) is 9.59 Å². The number of carbonyl (C=O) groups excluding carboxylic acids is 2. The predicted octanol–water partition coefficient (Wildman–Crippen LogP) is 4.89. The molecule has 0 aliphatic carbocycles. The van der Waals surface area contributed by atoms with Gasteiger partial charge in [0.25, 0.3) is 11.7 Å². The Morgan fingerprint density at radius 3 is 2.24 bits per heavy atom. The number of rotatable bonds is 10. The van der Waals surface area contributed by atoms with Crippen LogP contribution >= 0.6 is 11.6 Å². The summed E-state index contributed by atoms with van der Waals surface area (Å²) in [6.07, 6.45) is 0.897. The number of nitrogens with zero attached hydrogens (tertiary/aromatic N) is 2. The largest absolute Gasteiger partial charge is 0.507 e. The van der Waals surface area contributed by atoms with Crippen LogP contribution in [0, 0.1) is 0 Å². The average molecular weight is 471 g/mol. The summed E-state index contributed by atoms with van der Waals surface area (Å²) in [5.41, 5.74) is 1.27. The molecule has 2 aromatic rings. The Morgan fingerprint density at radius 2 is 1.67 bits per heavy atom. The minimum atomic E-state index is -0.684. The summed E-state index contributed by atoms with van der Waals surface area (Å²) in [5, 5.41) is 11.6. The second kappa shape index (κ2) is 11.3. The van der Waals surface area contributed by atoms with Crippen molar-refractivity contribution in [3.8, 4) is 5.75 Å². The topological polar surface area (TPSA) is 70.1 Å². The molecule has 1 heterocycles. The second-order valence-corrected chi connectivity index (χ2v) is 8.38. The number of likely N-dealkylation sites (N-methyl/N-ethyl adjacent to an activating group) is 1. The zero-order chi connectivity index (χ0) is 24.0. The van der Waals surface area contributed by atoms with Crippen molar-refractivity contribution < 1.29 is 19.4 Å². The Labute approximate surface area is 200 Å². The summed E-state index contributed by atoms with van der Waals surface area (Å²) in [7, 11) is 0. The molecule has 2 aromatic carbocycles. The zero-order valence-corrected chi connectivity index (χ0v) is 20.1. The minimum absolute atomic E-state index is 0.0871. The summed E-state index contributed by atoms with van der Waals surface area (Å²) in [4.78, 5) is 29.9. The van der Waals surface area contributed by atoms with Crippen molar-refractivity contribution in [3.05, 3.63) is 70.3 Å². The maximum atomic E-state index is 13.1. The van der Waals surface area contributed by atoms with Gasteiger partial charge in [0, 0.05) is 23.7 Å². The third-order valence-corrected chi connectivity index (χ3v) is 6.13. The van der Waals surface area contributed by atoms with Gasteiger partial charge in [-0.15, -0.1) is 0 Å². The summed E-state index contributed by atoms with van der Waals surface area (Å²) >= 11 is 5.98. The molecule has 0 aromatic heterocycles. The molecule has 1 amide bonds. The van der Waals surface area contributed by atoms with Gasteiger partial charge in [0.2, 0.25) is 0 Å². The van der Waals surface area contributed by atoms with Crippen LogP contribution in [-0.2, 0) is 9.59 Å². The lowest BCUT2D eigenvalue weighted by Gasteiger charge is -2.28. The number of aliphatic hydroxyl groups excluding tert-OH is 1. The van der Waals surface area contributed by atoms with E-state index in [1.54, 1.807) is 29.2 Å². The van der Waals surface area contributed by atoms with E-state index in [9.17, 15) is 14.7 Å². The van der Waals surface area contributed by atoms with Gasteiger partial charge < -0.3 is 19.6 Å². The van der Waals surface area contributed by atoms with Crippen LogP contribution in [0.25, 0.3) is 5.76 Å². The van der Waals surface area contributed by atoms with E-state index in [0.717, 1.165) is 30.8 Å². The SMILES string of the molecule is CCCOc1ccc(C2/C(=C(/O)c3ccc(Cl)cc3)C(=O)C(=O)N2CCN(CC)CC)cc1. The second-order valence-electron chi connectivity index (χ2n) is 7.94. The van der Waals surface area contributed by atoms with E-state index in [0.29, 0.717) is 30.3 Å². The zero-order valence-electron chi connectivity index (χ0n) is 19.4. The van der Waals surface area contributed by atoms with Crippen molar-refractivity contribution in [2.45, 2.75) is 33.2 Å². The molecule has 0 radical (unpaired) electrons. The maximum absolute atomic E-state index is 13.1. The van der Waals surface area contributed by atoms with Gasteiger partial charge in [-0.25, -0.2) is 0 Å². The molecule has 1 unspecified atom stereocenters. The maximum Gasteiger partial charge on any atom is 0.295 e. The number of carbonyl (C=O) groups is 2. The summed E-state index contributed by atoms with van der Waals surface area (Å²) in [6, 6.07) is 13.2. The monoisotopic (exact) mass is 470 g/mol. The minimum Gasteiger partial charge on any atom is -0.507 e. The van der Waals surface area contributed by atoms with E-state index in [1.807, 2.05) is 31.2 Å². The lowest BCUT2D eigenvalue weighted by atomic mass is 9.95. The molecule has 3 rings (SSSR count). The van der Waals surface area contributed by atoms with Crippen LogP contribution in [0.2, 0.25) is 5.02 Å². The molecule has 7 heteroatoms. The van der Waals surface area contributed by atoms with Crippen molar-refractivity contribution in [2.75, 3.05) is 32.8 Å². The Balaban J connectivity index is 2.04. The van der Waals surface area contributed by atoms with E-state index in [2.05, 4.69) is 18.7 Å². The number of ketones is 1. The predicted molar refractivity (Wildman–Crippen MR) is 130 cm³/mol. The summed E-state index contributed by atoms with van der Waals surface area (Å²) in [6.45, 7) is 9.47. The highest BCUT2D eigenvalue weighted by molar-refractivity contribution is 6.46. The fourth-order valence-electron chi connectivity index (χ4n) is 3.98. The first-order chi connectivity index (χ1) is 15.9. The first kappa shape index (κ1) is 24.8. The van der Waals surface area contributed by atoms with Crippen LogP contribution in [0.15, 0.2) is 54.1 Å². The summed E-state index contributed by atoms with van der Waals surface area (Å²) in [5.74, 6) is -0.766. The van der Waals surface area contributed by atoms with Crippen molar-refractivity contribution in [1.82, 2.24) is 9.80 Å². The molecule has 1 saturated heterocycles. The highest BCUT2D eigenvalue weighted by atomic mass is 35.5. The molecule has 33 heavy (non-hydrogen) atoms. The van der Waals surface area contributed by atoms with Crippen LogP contribution in [0.4, 0.5) is 0 Å². The average Bonchev–Trinajstić information content (AvgIpc) is 3.08. The highest BCUT2D eigenvalue weighted by Crippen LogP contribution is 2.39. The van der Waals surface area contributed by atoms with Crippen LogP contribution in [0.1, 0.15) is 44.4 Å². The van der Waals surface area contributed by atoms with E-state index >= 15 is 0 Å². The lowest BCUT2D eigenvalue weighted by molar-refractivity contribution is -0.140. The number of aliphatic hydroxyl groups is 1. The standard InChI is InChI=1S/C26H31ClN2O4/c1-4-17-33-21-13-9-18(10-14-21)23-22(24(30)19-7-11-20(27)12-8-19)25(31)26(32)29(23)16-15-28(5-2)6-3/h7-14,23,30H,4-6,15-17H2,1-3H3/b24-22-. The molecule has 1 atom stereocenters. The molecule has 0 spiro atoms. The lowest BCUT2D eigenvalue weighted by Crippen LogP contribution is -2.38.